The van der Waals surface area contributed by atoms with E-state index in [-0.39, 0.29) is 11.6 Å². The van der Waals surface area contributed by atoms with Gasteiger partial charge in [0.1, 0.15) is 18.1 Å². The van der Waals surface area contributed by atoms with E-state index in [1.807, 2.05) is 24.3 Å². The van der Waals surface area contributed by atoms with Crippen molar-refractivity contribution in [3.8, 4) is 11.5 Å². The van der Waals surface area contributed by atoms with Crippen LogP contribution in [0.3, 0.4) is 0 Å². The highest BCUT2D eigenvalue weighted by Crippen LogP contribution is 2.45. The third kappa shape index (κ3) is 4.44. The molecule has 2 N–H and O–H groups in total. The SMILES string of the molecule is COc1ccc(OCCNC(=O)NC2(c3ccc(C)cc3)CC2)cc1. The quantitative estimate of drug-likeness (QED) is 0.760. The van der Waals surface area contributed by atoms with Crippen LogP contribution in [-0.4, -0.2) is 26.3 Å². The molecule has 0 unspecified atom stereocenters. The van der Waals surface area contributed by atoms with Gasteiger partial charge in [-0.3, -0.25) is 0 Å². The van der Waals surface area contributed by atoms with Crippen molar-refractivity contribution in [3.63, 3.8) is 0 Å². The third-order valence-corrected chi connectivity index (χ3v) is 4.42. The van der Waals surface area contributed by atoms with Crippen molar-refractivity contribution < 1.29 is 14.3 Å². The summed E-state index contributed by atoms with van der Waals surface area (Å²) in [6, 6.07) is 15.6. The van der Waals surface area contributed by atoms with Crippen molar-refractivity contribution in [3.05, 3.63) is 59.7 Å². The van der Waals surface area contributed by atoms with Crippen LogP contribution in [0.25, 0.3) is 0 Å². The number of carbonyl (C=O) groups excluding carboxylic acids is 1. The molecular weight excluding hydrogens is 316 g/mol. The van der Waals surface area contributed by atoms with Crippen LogP contribution in [0.1, 0.15) is 24.0 Å². The molecule has 0 bridgehead atoms. The number of ether oxygens (including phenoxy) is 2. The summed E-state index contributed by atoms with van der Waals surface area (Å²) in [4.78, 5) is 12.1. The number of hydrogen-bond donors (Lipinski definition) is 2. The van der Waals surface area contributed by atoms with Crippen LogP contribution in [-0.2, 0) is 5.54 Å². The smallest absolute Gasteiger partial charge is 0.315 e. The molecule has 132 valence electrons. The summed E-state index contributed by atoms with van der Waals surface area (Å²) in [5, 5.41) is 5.95. The predicted octanol–water partition coefficient (Wildman–Crippen LogP) is 3.37. The molecule has 0 aromatic heterocycles. The molecule has 5 heteroatoms. The van der Waals surface area contributed by atoms with Gasteiger partial charge >= 0.3 is 6.03 Å². The molecule has 2 aromatic carbocycles. The van der Waals surface area contributed by atoms with Crippen LogP contribution in [0.4, 0.5) is 4.79 Å². The number of methoxy groups -OCH3 is 1. The van der Waals surface area contributed by atoms with Gasteiger partial charge in [-0.2, -0.15) is 0 Å². The van der Waals surface area contributed by atoms with Crippen molar-refractivity contribution in [1.82, 2.24) is 10.6 Å². The van der Waals surface area contributed by atoms with E-state index in [0.29, 0.717) is 13.2 Å². The van der Waals surface area contributed by atoms with Crippen LogP contribution in [0.2, 0.25) is 0 Å². The molecule has 1 aliphatic carbocycles. The summed E-state index contributed by atoms with van der Waals surface area (Å²) in [6.07, 6.45) is 1.96. The summed E-state index contributed by atoms with van der Waals surface area (Å²) in [5.74, 6) is 1.54. The Kier molecular flexibility index (Phi) is 5.12. The van der Waals surface area contributed by atoms with Gasteiger partial charge in [0.25, 0.3) is 0 Å². The van der Waals surface area contributed by atoms with Crippen molar-refractivity contribution in [1.29, 1.82) is 0 Å². The maximum atomic E-state index is 12.1. The maximum Gasteiger partial charge on any atom is 0.315 e. The molecule has 0 aliphatic heterocycles. The zero-order valence-electron chi connectivity index (χ0n) is 14.7. The fourth-order valence-corrected chi connectivity index (χ4v) is 2.75. The lowest BCUT2D eigenvalue weighted by Gasteiger charge is -2.18. The standard InChI is InChI=1S/C20H24N2O3/c1-15-3-5-16(6-4-15)20(11-12-20)22-19(23)21-13-14-25-18-9-7-17(24-2)8-10-18/h3-10H,11-14H2,1-2H3,(H2,21,22,23). The molecule has 2 amide bonds. The molecule has 0 heterocycles. The van der Waals surface area contributed by atoms with Gasteiger partial charge in [0, 0.05) is 0 Å². The van der Waals surface area contributed by atoms with Crippen LogP contribution < -0.4 is 20.1 Å². The van der Waals surface area contributed by atoms with Gasteiger partial charge in [0.15, 0.2) is 0 Å². The van der Waals surface area contributed by atoms with Crippen molar-refractivity contribution in [2.45, 2.75) is 25.3 Å². The molecular formula is C20H24N2O3. The Balaban J connectivity index is 1.41. The van der Waals surface area contributed by atoms with Crippen molar-refractivity contribution in [2.75, 3.05) is 20.3 Å². The molecule has 25 heavy (non-hydrogen) atoms. The second-order valence-corrected chi connectivity index (χ2v) is 6.35. The van der Waals surface area contributed by atoms with E-state index in [4.69, 9.17) is 9.47 Å². The highest BCUT2D eigenvalue weighted by Gasteiger charge is 2.45. The van der Waals surface area contributed by atoms with Gasteiger partial charge in [-0.05, 0) is 49.6 Å². The van der Waals surface area contributed by atoms with E-state index in [1.54, 1.807) is 7.11 Å². The summed E-state index contributed by atoms with van der Waals surface area (Å²) in [5.41, 5.74) is 2.19. The van der Waals surface area contributed by atoms with Crippen LogP contribution >= 0.6 is 0 Å². The Morgan fingerprint density at radius 3 is 2.28 bits per heavy atom. The van der Waals surface area contributed by atoms with E-state index >= 15 is 0 Å². The molecule has 5 nitrogen and oxygen atoms in total. The molecule has 0 spiro atoms. The maximum absolute atomic E-state index is 12.1. The van der Waals surface area contributed by atoms with Crippen molar-refractivity contribution in [2.24, 2.45) is 0 Å². The molecule has 2 aromatic rings. The first-order valence-electron chi connectivity index (χ1n) is 8.51. The Morgan fingerprint density at radius 1 is 1.04 bits per heavy atom. The number of benzene rings is 2. The first-order valence-corrected chi connectivity index (χ1v) is 8.51. The molecule has 1 aliphatic rings. The molecule has 0 saturated heterocycles. The van der Waals surface area contributed by atoms with Crippen LogP contribution in [0.5, 0.6) is 11.5 Å². The second kappa shape index (κ2) is 7.47. The van der Waals surface area contributed by atoms with Gasteiger partial charge in [-0.25, -0.2) is 4.79 Å². The lowest BCUT2D eigenvalue weighted by Crippen LogP contribution is -2.43. The van der Waals surface area contributed by atoms with Crippen LogP contribution in [0, 0.1) is 6.92 Å². The van der Waals surface area contributed by atoms with Gasteiger partial charge in [0.05, 0.1) is 19.2 Å². The second-order valence-electron chi connectivity index (χ2n) is 6.35. The van der Waals surface area contributed by atoms with Gasteiger partial charge < -0.3 is 20.1 Å². The molecule has 0 atom stereocenters. The van der Waals surface area contributed by atoms with Crippen LogP contribution in [0.15, 0.2) is 48.5 Å². The normalized spacial score (nSPS) is 14.5. The highest BCUT2D eigenvalue weighted by atomic mass is 16.5. The number of aryl methyl sites for hydroxylation is 1. The first-order chi connectivity index (χ1) is 12.1. The number of urea groups is 1. The Labute approximate surface area is 148 Å². The summed E-state index contributed by atoms with van der Waals surface area (Å²) in [7, 11) is 1.63. The van der Waals surface area contributed by atoms with E-state index in [2.05, 4.69) is 41.8 Å². The number of rotatable bonds is 7. The minimum Gasteiger partial charge on any atom is -0.497 e. The molecule has 0 radical (unpaired) electrons. The fraction of sp³-hybridized carbons (Fsp3) is 0.350. The van der Waals surface area contributed by atoms with Gasteiger partial charge in [0.2, 0.25) is 0 Å². The van der Waals surface area contributed by atoms with Gasteiger partial charge in [-0.1, -0.05) is 29.8 Å². The fourth-order valence-electron chi connectivity index (χ4n) is 2.75. The van der Waals surface area contributed by atoms with Crippen molar-refractivity contribution >= 4 is 6.03 Å². The number of nitrogens with one attached hydrogen (secondary N) is 2. The Bertz CT molecular complexity index is 707. The topological polar surface area (TPSA) is 59.6 Å². The Morgan fingerprint density at radius 2 is 1.68 bits per heavy atom. The van der Waals surface area contributed by atoms with E-state index in [9.17, 15) is 4.79 Å². The molecule has 1 saturated carbocycles. The minimum absolute atomic E-state index is 0.156. The lowest BCUT2D eigenvalue weighted by atomic mass is 10.0. The van der Waals surface area contributed by atoms with E-state index < -0.39 is 0 Å². The summed E-state index contributed by atoms with van der Waals surface area (Å²) < 4.78 is 10.7. The zero-order valence-corrected chi connectivity index (χ0v) is 14.7. The lowest BCUT2D eigenvalue weighted by molar-refractivity contribution is 0.231. The summed E-state index contributed by atoms with van der Waals surface area (Å²) >= 11 is 0. The van der Waals surface area contributed by atoms with E-state index in [1.165, 1.54) is 11.1 Å². The zero-order chi connectivity index (χ0) is 17.7. The monoisotopic (exact) mass is 340 g/mol. The number of hydrogen-bond acceptors (Lipinski definition) is 3. The Hall–Kier alpha value is -2.69. The average molecular weight is 340 g/mol. The van der Waals surface area contributed by atoms with Gasteiger partial charge in [-0.15, -0.1) is 0 Å². The average Bonchev–Trinajstić information content (AvgIpc) is 3.40. The summed E-state index contributed by atoms with van der Waals surface area (Å²) in [6.45, 7) is 2.92. The molecule has 1 fully saturated rings. The number of amides is 2. The van der Waals surface area contributed by atoms with E-state index in [0.717, 1.165) is 24.3 Å². The number of carbonyl (C=O) groups is 1. The highest BCUT2D eigenvalue weighted by molar-refractivity contribution is 5.75. The largest absolute Gasteiger partial charge is 0.497 e. The third-order valence-electron chi connectivity index (χ3n) is 4.42. The minimum atomic E-state index is -0.200. The first kappa shape index (κ1) is 17.1. The predicted molar refractivity (Wildman–Crippen MR) is 97.1 cm³/mol. The molecule has 3 rings (SSSR count).